The molecule has 6 heteroatoms. The minimum Gasteiger partial charge on any atom is -0.507 e. The molecule has 1 aliphatic carbocycles. The third kappa shape index (κ3) is 5.72. The largest absolute Gasteiger partial charge is 0.507 e. The zero-order valence-electron chi connectivity index (χ0n) is 25.6. The summed E-state index contributed by atoms with van der Waals surface area (Å²) in [5, 5.41) is 34.8. The van der Waals surface area contributed by atoms with Crippen molar-refractivity contribution >= 4 is 39.9 Å². The fourth-order valence-corrected chi connectivity index (χ4v) is 7.30. The Balaban J connectivity index is 1.34. The van der Waals surface area contributed by atoms with Crippen molar-refractivity contribution in [1.82, 2.24) is 0 Å². The highest BCUT2D eigenvalue weighted by molar-refractivity contribution is 6.22. The van der Waals surface area contributed by atoms with Crippen LogP contribution in [0.4, 0.5) is 5.69 Å². The van der Waals surface area contributed by atoms with Crippen LogP contribution < -0.4 is 4.90 Å². The van der Waals surface area contributed by atoms with Gasteiger partial charge < -0.3 is 15.3 Å². The van der Waals surface area contributed by atoms with Crippen molar-refractivity contribution in [3.63, 3.8) is 0 Å². The third-order valence-electron chi connectivity index (χ3n) is 9.48. The summed E-state index contributed by atoms with van der Waals surface area (Å²) in [6.45, 7) is 3.75. The maximum atomic E-state index is 13.8. The number of carbonyl (C=O) groups excluding carboxylic acids is 2. The van der Waals surface area contributed by atoms with E-state index in [0.29, 0.717) is 30.5 Å². The van der Waals surface area contributed by atoms with Gasteiger partial charge in [0.1, 0.15) is 5.75 Å². The molecular formula is C39H39NO5. The van der Waals surface area contributed by atoms with Gasteiger partial charge in [0.05, 0.1) is 30.2 Å². The molecule has 0 radical (unpaired) electrons. The highest BCUT2D eigenvalue weighted by Gasteiger charge is 2.55. The Morgan fingerprint density at radius 2 is 1.51 bits per heavy atom. The molecule has 6 nitrogen and oxygen atoms in total. The van der Waals surface area contributed by atoms with Gasteiger partial charge in [-0.3, -0.25) is 14.5 Å². The Morgan fingerprint density at radius 1 is 0.867 bits per heavy atom. The molecule has 0 bridgehead atoms. The molecule has 2 amide bonds. The number of para-hydroxylation sites is 1. The number of aliphatic hydroxyl groups excluding tert-OH is 2. The Hall–Kier alpha value is -4.52. The zero-order valence-corrected chi connectivity index (χ0v) is 25.6. The van der Waals surface area contributed by atoms with Crippen molar-refractivity contribution < 1.29 is 24.9 Å². The molecule has 6 rings (SSSR count). The van der Waals surface area contributed by atoms with Gasteiger partial charge in [-0.1, -0.05) is 104 Å². The SMILES string of the molecule is CC(C)C1=C([C@H](O)CC/C(=C/c2ccc(O)c3ccccc23)c2ccccc2)[C@H](CO)[C@@H]2C(=O)N(c3ccccc3)C(=O)[C@@H]2C1. The summed E-state index contributed by atoms with van der Waals surface area (Å²) in [7, 11) is 0. The predicted molar refractivity (Wildman–Crippen MR) is 178 cm³/mol. The van der Waals surface area contributed by atoms with Crippen molar-refractivity contribution in [2.45, 2.75) is 39.2 Å². The Morgan fingerprint density at radius 3 is 2.18 bits per heavy atom. The van der Waals surface area contributed by atoms with E-state index in [2.05, 4.69) is 6.08 Å². The number of hydrogen-bond acceptors (Lipinski definition) is 5. The maximum Gasteiger partial charge on any atom is 0.238 e. The topological polar surface area (TPSA) is 98.1 Å². The lowest BCUT2D eigenvalue weighted by Crippen LogP contribution is -2.39. The number of nitrogens with zero attached hydrogens (tertiary/aromatic N) is 1. The highest BCUT2D eigenvalue weighted by Crippen LogP contribution is 2.49. The van der Waals surface area contributed by atoms with Gasteiger partial charge in [0.25, 0.3) is 0 Å². The van der Waals surface area contributed by atoms with Crippen molar-refractivity contribution in [2.75, 3.05) is 11.5 Å². The fourth-order valence-electron chi connectivity index (χ4n) is 7.30. The van der Waals surface area contributed by atoms with E-state index in [1.807, 2.05) is 80.6 Å². The van der Waals surface area contributed by atoms with Crippen LogP contribution in [-0.4, -0.2) is 39.8 Å². The summed E-state index contributed by atoms with van der Waals surface area (Å²) in [6.07, 6.45) is 2.50. The number of allylic oxidation sites excluding steroid dienone is 2. The Labute approximate surface area is 264 Å². The van der Waals surface area contributed by atoms with E-state index in [0.717, 1.165) is 33.0 Å². The molecule has 4 atom stereocenters. The second-order valence-electron chi connectivity index (χ2n) is 12.4. The summed E-state index contributed by atoms with van der Waals surface area (Å²) >= 11 is 0. The summed E-state index contributed by atoms with van der Waals surface area (Å²) in [6, 6.07) is 30.3. The van der Waals surface area contributed by atoms with Crippen LogP contribution >= 0.6 is 0 Å². The second kappa shape index (κ2) is 12.8. The normalized spacial score (nSPS) is 21.1. The maximum absolute atomic E-state index is 13.8. The van der Waals surface area contributed by atoms with Crippen LogP contribution in [0.15, 0.2) is 108 Å². The van der Waals surface area contributed by atoms with E-state index in [1.165, 1.54) is 4.90 Å². The summed E-state index contributed by atoms with van der Waals surface area (Å²) in [4.78, 5) is 28.7. The number of benzene rings is 4. The number of aliphatic hydroxyl groups is 2. The first kappa shape index (κ1) is 30.5. The molecule has 45 heavy (non-hydrogen) atoms. The molecule has 4 aromatic rings. The van der Waals surface area contributed by atoms with Crippen molar-refractivity contribution in [3.05, 3.63) is 119 Å². The minimum atomic E-state index is -0.905. The number of phenolic OH excluding ortho intramolecular Hbond substituents is 1. The molecule has 230 valence electrons. The molecule has 0 unspecified atom stereocenters. The van der Waals surface area contributed by atoms with E-state index < -0.39 is 23.9 Å². The number of hydrogen-bond donors (Lipinski definition) is 3. The van der Waals surface area contributed by atoms with E-state index >= 15 is 0 Å². The number of rotatable bonds is 9. The molecule has 0 aromatic heterocycles. The summed E-state index contributed by atoms with van der Waals surface area (Å²) in [5.41, 5.74) is 5.20. The van der Waals surface area contributed by atoms with Crippen LogP contribution in [0.1, 0.15) is 44.2 Å². The smallest absolute Gasteiger partial charge is 0.238 e. The zero-order chi connectivity index (χ0) is 31.7. The highest BCUT2D eigenvalue weighted by atomic mass is 16.3. The van der Waals surface area contributed by atoms with Gasteiger partial charge in [0.15, 0.2) is 0 Å². The van der Waals surface area contributed by atoms with Crippen molar-refractivity contribution in [3.8, 4) is 5.75 Å². The molecule has 1 heterocycles. The number of amides is 2. The van der Waals surface area contributed by atoms with Gasteiger partial charge in [0, 0.05) is 11.3 Å². The number of imide groups is 1. The van der Waals surface area contributed by atoms with E-state index in [-0.39, 0.29) is 30.1 Å². The van der Waals surface area contributed by atoms with Gasteiger partial charge >= 0.3 is 0 Å². The van der Waals surface area contributed by atoms with Gasteiger partial charge in [0.2, 0.25) is 11.8 Å². The quantitative estimate of drug-likeness (QED) is 0.109. The lowest BCUT2D eigenvalue weighted by atomic mass is 9.66. The monoisotopic (exact) mass is 601 g/mol. The van der Waals surface area contributed by atoms with Crippen LogP contribution in [0.5, 0.6) is 5.75 Å². The van der Waals surface area contributed by atoms with Gasteiger partial charge in [-0.2, -0.15) is 0 Å². The first-order valence-corrected chi connectivity index (χ1v) is 15.7. The first-order chi connectivity index (χ1) is 21.8. The summed E-state index contributed by atoms with van der Waals surface area (Å²) in [5.74, 6) is -2.22. The van der Waals surface area contributed by atoms with Crippen LogP contribution in [0.2, 0.25) is 0 Å². The number of aromatic hydroxyl groups is 1. The molecule has 0 spiro atoms. The van der Waals surface area contributed by atoms with Crippen LogP contribution in [0.3, 0.4) is 0 Å². The molecular weight excluding hydrogens is 562 g/mol. The average molecular weight is 602 g/mol. The minimum absolute atomic E-state index is 0.0332. The lowest BCUT2D eigenvalue weighted by Gasteiger charge is -2.38. The van der Waals surface area contributed by atoms with Gasteiger partial charge in [-0.15, -0.1) is 0 Å². The number of phenols is 1. The standard InChI is InChI=1S/C39H39NO5/c1-24(2)31-22-32-37(39(45)40(38(32)44)28-13-7-4-8-14-28)33(23-41)36(31)35(43)20-17-26(25-11-5-3-6-12-25)21-27-18-19-34(42)30-16-10-9-15-29(27)30/h3-16,18-19,21,24,32-33,35,37,41-43H,17,20,22-23H2,1-2H3/b26-21-/t32-,33+,35-,37-/m1/s1. The van der Waals surface area contributed by atoms with Gasteiger partial charge in [-0.25, -0.2) is 0 Å². The van der Waals surface area contributed by atoms with Crippen molar-refractivity contribution in [2.24, 2.45) is 23.7 Å². The van der Waals surface area contributed by atoms with E-state index in [1.54, 1.807) is 30.3 Å². The molecule has 1 saturated heterocycles. The molecule has 4 aromatic carbocycles. The van der Waals surface area contributed by atoms with Crippen LogP contribution in [0.25, 0.3) is 22.4 Å². The summed E-state index contributed by atoms with van der Waals surface area (Å²) < 4.78 is 0. The van der Waals surface area contributed by atoms with Crippen LogP contribution in [-0.2, 0) is 9.59 Å². The fraction of sp³-hybridized carbons (Fsp3) is 0.282. The average Bonchev–Trinajstić information content (AvgIpc) is 3.32. The predicted octanol–water partition coefficient (Wildman–Crippen LogP) is 7.00. The number of fused-ring (bicyclic) bond motifs is 2. The van der Waals surface area contributed by atoms with E-state index in [9.17, 15) is 24.9 Å². The Kier molecular flexibility index (Phi) is 8.70. The van der Waals surface area contributed by atoms with Crippen LogP contribution in [0, 0.1) is 23.7 Å². The molecule has 1 aliphatic heterocycles. The molecule has 3 N–H and O–H groups in total. The molecule has 0 saturated carbocycles. The Bertz CT molecular complexity index is 1780. The lowest BCUT2D eigenvalue weighted by molar-refractivity contribution is -0.123. The first-order valence-electron chi connectivity index (χ1n) is 15.7. The van der Waals surface area contributed by atoms with Gasteiger partial charge in [-0.05, 0) is 71.0 Å². The van der Waals surface area contributed by atoms with E-state index in [4.69, 9.17) is 0 Å². The second-order valence-corrected chi connectivity index (χ2v) is 12.4. The molecule has 1 fully saturated rings. The third-order valence-corrected chi connectivity index (χ3v) is 9.48. The number of carbonyl (C=O) groups is 2. The van der Waals surface area contributed by atoms with Crippen molar-refractivity contribution in [1.29, 1.82) is 0 Å². The number of anilines is 1. The molecule has 2 aliphatic rings.